The van der Waals surface area contributed by atoms with E-state index in [0.717, 1.165) is 4.68 Å². The zero-order valence-electron chi connectivity index (χ0n) is 5.31. The lowest BCUT2D eigenvalue weighted by Gasteiger charge is -1.96. The standard InChI is InChI=1S/C4H4F2N4O/c5-3(6)4-7-8-9-10(4)1-2-11/h2-3H,1H2. The zero-order chi connectivity index (χ0) is 8.27. The molecule has 0 saturated carbocycles. The van der Waals surface area contributed by atoms with Crippen molar-refractivity contribution in [3.63, 3.8) is 0 Å². The molecule has 0 bridgehead atoms. The summed E-state index contributed by atoms with van der Waals surface area (Å²) < 4.78 is 24.6. The lowest BCUT2D eigenvalue weighted by molar-refractivity contribution is -0.108. The minimum Gasteiger partial charge on any atom is -0.301 e. The topological polar surface area (TPSA) is 60.7 Å². The average molecular weight is 162 g/mol. The van der Waals surface area contributed by atoms with E-state index in [-0.39, 0.29) is 6.54 Å². The maximum absolute atomic E-state index is 11.9. The Hall–Kier alpha value is -1.40. The van der Waals surface area contributed by atoms with Crippen LogP contribution in [0.5, 0.6) is 0 Å². The molecule has 5 nitrogen and oxygen atoms in total. The van der Waals surface area contributed by atoms with Gasteiger partial charge < -0.3 is 4.79 Å². The van der Waals surface area contributed by atoms with Crippen molar-refractivity contribution in [1.82, 2.24) is 20.2 Å². The Labute approximate surface area is 60.0 Å². The summed E-state index contributed by atoms with van der Waals surface area (Å²) in [5, 5.41) is 9.18. The molecule has 0 N–H and O–H groups in total. The first-order valence-corrected chi connectivity index (χ1v) is 2.73. The van der Waals surface area contributed by atoms with Crippen LogP contribution in [0.1, 0.15) is 12.2 Å². The molecular formula is C4H4F2N4O. The molecular weight excluding hydrogens is 158 g/mol. The number of carbonyl (C=O) groups excluding carboxylic acids is 1. The van der Waals surface area contributed by atoms with Gasteiger partial charge in [0, 0.05) is 0 Å². The largest absolute Gasteiger partial charge is 0.301 e. The molecule has 0 aliphatic carbocycles. The maximum atomic E-state index is 11.9. The molecule has 1 aromatic heterocycles. The molecule has 0 atom stereocenters. The van der Waals surface area contributed by atoms with Gasteiger partial charge in [-0.15, -0.1) is 5.10 Å². The van der Waals surface area contributed by atoms with Crippen LogP contribution in [0.4, 0.5) is 8.78 Å². The third-order valence-corrected chi connectivity index (χ3v) is 1.00. The van der Waals surface area contributed by atoms with Gasteiger partial charge in [0.2, 0.25) is 5.82 Å². The minimum atomic E-state index is -2.75. The van der Waals surface area contributed by atoms with E-state index in [0.29, 0.717) is 6.29 Å². The Morgan fingerprint density at radius 2 is 2.36 bits per heavy atom. The van der Waals surface area contributed by atoms with Crippen molar-refractivity contribution in [2.75, 3.05) is 0 Å². The number of rotatable bonds is 3. The second kappa shape index (κ2) is 3.13. The number of carbonyl (C=O) groups is 1. The molecule has 60 valence electrons. The van der Waals surface area contributed by atoms with E-state index in [2.05, 4.69) is 15.5 Å². The van der Waals surface area contributed by atoms with Gasteiger partial charge in [-0.1, -0.05) is 0 Å². The molecule has 0 aromatic carbocycles. The first-order valence-electron chi connectivity index (χ1n) is 2.73. The molecule has 0 amide bonds. The Bertz CT molecular complexity index is 248. The predicted octanol–water partition coefficient (Wildman–Crippen LogP) is -0.190. The summed E-state index contributed by atoms with van der Waals surface area (Å²) in [6.07, 6.45) is -2.30. The number of alkyl halides is 2. The lowest BCUT2D eigenvalue weighted by Crippen LogP contribution is -2.06. The van der Waals surface area contributed by atoms with E-state index >= 15 is 0 Å². The summed E-state index contributed by atoms with van der Waals surface area (Å²) in [5.41, 5.74) is 0. The van der Waals surface area contributed by atoms with E-state index in [9.17, 15) is 13.6 Å². The fourth-order valence-corrected chi connectivity index (χ4v) is 0.568. The van der Waals surface area contributed by atoms with E-state index in [1.54, 1.807) is 0 Å². The predicted molar refractivity (Wildman–Crippen MR) is 28.8 cm³/mol. The number of hydrogen-bond donors (Lipinski definition) is 0. The molecule has 0 aliphatic rings. The molecule has 0 radical (unpaired) electrons. The molecule has 11 heavy (non-hydrogen) atoms. The third-order valence-electron chi connectivity index (χ3n) is 1.00. The van der Waals surface area contributed by atoms with Gasteiger partial charge >= 0.3 is 0 Å². The molecule has 0 fully saturated rings. The van der Waals surface area contributed by atoms with Crippen molar-refractivity contribution in [3.8, 4) is 0 Å². The highest BCUT2D eigenvalue weighted by atomic mass is 19.3. The lowest BCUT2D eigenvalue weighted by atomic mass is 10.6. The molecule has 0 saturated heterocycles. The molecule has 7 heteroatoms. The highest BCUT2D eigenvalue weighted by molar-refractivity contribution is 5.48. The fourth-order valence-electron chi connectivity index (χ4n) is 0.568. The van der Waals surface area contributed by atoms with Crippen LogP contribution in [-0.4, -0.2) is 26.5 Å². The van der Waals surface area contributed by atoms with Gasteiger partial charge in [0.25, 0.3) is 6.43 Å². The van der Waals surface area contributed by atoms with E-state index < -0.39 is 12.2 Å². The van der Waals surface area contributed by atoms with Crippen molar-refractivity contribution < 1.29 is 13.6 Å². The number of halogens is 2. The van der Waals surface area contributed by atoms with Crippen LogP contribution in [0, 0.1) is 0 Å². The van der Waals surface area contributed by atoms with E-state index in [4.69, 9.17) is 0 Å². The van der Waals surface area contributed by atoms with Crippen molar-refractivity contribution in [3.05, 3.63) is 5.82 Å². The van der Waals surface area contributed by atoms with Crippen molar-refractivity contribution in [2.24, 2.45) is 0 Å². The molecule has 0 aliphatic heterocycles. The normalized spacial score (nSPS) is 10.5. The highest BCUT2D eigenvalue weighted by Crippen LogP contribution is 2.13. The minimum absolute atomic E-state index is 0.243. The summed E-state index contributed by atoms with van der Waals surface area (Å²) in [6, 6.07) is 0. The van der Waals surface area contributed by atoms with Crippen molar-refractivity contribution in [2.45, 2.75) is 13.0 Å². The molecule has 1 aromatic rings. The van der Waals surface area contributed by atoms with Gasteiger partial charge in [-0.3, -0.25) is 0 Å². The van der Waals surface area contributed by atoms with Crippen molar-refractivity contribution in [1.29, 1.82) is 0 Å². The summed E-state index contributed by atoms with van der Waals surface area (Å²) in [4.78, 5) is 9.89. The fraction of sp³-hybridized carbons (Fsp3) is 0.500. The van der Waals surface area contributed by atoms with Gasteiger partial charge in [-0.25, -0.2) is 13.5 Å². The van der Waals surface area contributed by atoms with Crippen LogP contribution >= 0.6 is 0 Å². The van der Waals surface area contributed by atoms with Crippen LogP contribution in [0.25, 0.3) is 0 Å². The quantitative estimate of drug-likeness (QED) is 0.578. The van der Waals surface area contributed by atoms with Gasteiger partial charge in [-0.05, 0) is 10.4 Å². The Morgan fingerprint density at radius 3 is 2.91 bits per heavy atom. The molecule has 1 heterocycles. The van der Waals surface area contributed by atoms with Crippen molar-refractivity contribution >= 4 is 6.29 Å². The van der Waals surface area contributed by atoms with Gasteiger partial charge in [0.15, 0.2) is 0 Å². The Kier molecular flexibility index (Phi) is 2.19. The van der Waals surface area contributed by atoms with Gasteiger partial charge in [0.05, 0.1) is 0 Å². The number of hydrogen-bond acceptors (Lipinski definition) is 4. The molecule has 1 rings (SSSR count). The smallest absolute Gasteiger partial charge is 0.298 e. The van der Waals surface area contributed by atoms with Crippen LogP contribution < -0.4 is 0 Å². The summed E-state index contributed by atoms with van der Waals surface area (Å²) in [7, 11) is 0. The number of aldehydes is 1. The number of nitrogens with zero attached hydrogens (tertiary/aromatic N) is 4. The van der Waals surface area contributed by atoms with Crippen LogP contribution in [0.2, 0.25) is 0 Å². The number of tetrazole rings is 1. The van der Waals surface area contributed by atoms with Crippen LogP contribution in [0.15, 0.2) is 0 Å². The second-order valence-electron chi connectivity index (χ2n) is 1.69. The monoisotopic (exact) mass is 162 g/mol. The summed E-state index contributed by atoms with van der Waals surface area (Å²) in [6.45, 7) is -0.243. The first kappa shape index (κ1) is 7.70. The first-order chi connectivity index (χ1) is 5.25. The molecule has 0 spiro atoms. The SMILES string of the molecule is O=CCn1nnnc1C(F)F. The molecule has 0 unspecified atom stereocenters. The van der Waals surface area contributed by atoms with E-state index in [1.807, 2.05) is 0 Å². The summed E-state index contributed by atoms with van der Waals surface area (Å²) in [5.74, 6) is -0.586. The Balaban J connectivity index is 2.86. The second-order valence-corrected chi connectivity index (χ2v) is 1.69. The van der Waals surface area contributed by atoms with Gasteiger partial charge in [-0.2, -0.15) is 0 Å². The van der Waals surface area contributed by atoms with E-state index in [1.165, 1.54) is 0 Å². The Morgan fingerprint density at radius 1 is 1.64 bits per heavy atom. The zero-order valence-corrected chi connectivity index (χ0v) is 5.31. The highest BCUT2D eigenvalue weighted by Gasteiger charge is 2.15. The summed E-state index contributed by atoms with van der Waals surface area (Å²) >= 11 is 0. The van der Waals surface area contributed by atoms with Crippen LogP contribution in [-0.2, 0) is 11.3 Å². The average Bonchev–Trinajstić information content (AvgIpc) is 2.36. The van der Waals surface area contributed by atoms with Gasteiger partial charge in [0.1, 0.15) is 12.8 Å². The number of aromatic nitrogens is 4. The maximum Gasteiger partial charge on any atom is 0.298 e. The van der Waals surface area contributed by atoms with Crippen LogP contribution in [0.3, 0.4) is 0 Å². The third kappa shape index (κ3) is 1.54.